The predicted molar refractivity (Wildman–Crippen MR) is 82.8 cm³/mol. The van der Waals surface area contributed by atoms with Crippen LogP contribution in [0.15, 0.2) is 33.3 Å². The largest absolute Gasteiger partial charge is 0.338 e. The Hall–Kier alpha value is -1.20. The molecule has 1 N–H and O–H groups in total. The summed E-state index contributed by atoms with van der Waals surface area (Å²) in [6.45, 7) is 1.10. The van der Waals surface area contributed by atoms with Gasteiger partial charge >= 0.3 is 0 Å². The average molecular weight is 348 g/mol. The summed E-state index contributed by atoms with van der Waals surface area (Å²) < 4.78 is 6.61. The smallest absolute Gasteiger partial charge is 0.244 e. The quantitative estimate of drug-likeness (QED) is 0.923. The fraction of sp³-hybridized carbons (Fsp3) is 0.500. The van der Waals surface area contributed by atoms with Crippen molar-refractivity contribution in [3.8, 4) is 0 Å². The molecule has 4 rings (SSSR count). The third-order valence-corrected chi connectivity index (χ3v) is 5.30. The highest BCUT2D eigenvalue weighted by Gasteiger charge is 2.42. The fourth-order valence-corrected chi connectivity index (χ4v) is 3.97. The van der Waals surface area contributed by atoms with Gasteiger partial charge in [0.2, 0.25) is 5.89 Å². The number of aromatic nitrogens is 2. The molecule has 5 heteroatoms. The van der Waals surface area contributed by atoms with Crippen LogP contribution >= 0.6 is 15.9 Å². The second-order valence-electron chi connectivity index (χ2n) is 6.09. The Morgan fingerprint density at radius 2 is 2.10 bits per heavy atom. The molecular formula is C16H18BrN3O. The molecule has 1 aliphatic heterocycles. The number of halogens is 1. The van der Waals surface area contributed by atoms with E-state index < -0.39 is 0 Å². The molecule has 3 atom stereocenters. The standard InChI is InChI=1S/C16H18BrN3O/c17-12-6-4-10(5-7-12)8-14-19-16(21-20-14)15-13-3-1-2-11(13)9-18-15/h4-7,11,13,15,18H,1-3,8-9H2. The molecule has 110 valence electrons. The van der Waals surface area contributed by atoms with E-state index >= 15 is 0 Å². The number of nitrogens with zero attached hydrogens (tertiary/aromatic N) is 2. The van der Waals surface area contributed by atoms with Crippen molar-refractivity contribution in [3.63, 3.8) is 0 Å². The first-order chi connectivity index (χ1) is 10.3. The second kappa shape index (κ2) is 5.54. The Labute approximate surface area is 132 Å². The van der Waals surface area contributed by atoms with Crippen molar-refractivity contribution < 1.29 is 4.52 Å². The molecule has 1 aliphatic carbocycles. The highest BCUT2D eigenvalue weighted by Crippen LogP contribution is 2.43. The number of fused-ring (bicyclic) bond motifs is 1. The van der Waals surface area contributed by atoms with Gasteiger partial charge in [0, 0.05) is 10.9 Å². The zero-order chi connectivity index (χ0) is 14.2. The zero-order valence-corrected chi connectivity index (χ0v) is 13.3. The molecule has 3 unspecified atom stereocenters. The summed E-state index contributed by atoms with van der Waals surface area (Å²) in [5, 5.41) is 7.71. The zero-order valence-electron chi connectivity index (χ0n) is 11.8. The Morgan fingerprint density at radius 1 is 1.24 bits per heavy atom. The molecule has 4 nitrogen and oxygen atoms in total. The molecule has 0 radical (unpaired) electrons. The van der Waals surface area contributed by atoms with E-state index in [1.54, 1.807) is 0 Å². The van der Waals surface area contributed by atoms with Crippen molar-refractivity contribution in [2.24, 2.45) is 11.8 Å². The van der Waals surface area contributed by atoms with Crippen LogP contribution in [0.4, 0.5) is 0 Å². The lowest BCUT2D eigenvalue weighted by Crippen LogP contribution is -2.18. The lowest BCUT2D eigenvalue weighted by molar-refractivity contribution is 0.301. The molecule has 1 aromatic heterocycles. The second-order valence-corrected chi connectivity index (χ2v) is 7.01. The molecule has 0 amide bonds. The third-order valence-electron chi connectivity index (χ3n) is 4.77. The molecule has 21 heavy (non-hydrogen) atoms. The molecule has 1 saturated heterocycles. The van der Waals surface area contributed by atoms with Gasteiger partial charge in [-0.2, -0.15) is 4.98 Å². The van der Waals surface area contributed by atoms with Crippen LogP contribution in [0.25, 0.3) is 0 Å². The van der Waals surface area contributed by atoms with E-state index in [0.717, 1.165) is 35.1 Å². The van der Waals surface area contributed by atoms with E-state index in [2.05, 4.69) is 43.5 Å². The highest BCUT2D eigenvalue weighted by atomic mass is 79.9. The fourth-order valence-electron chi connectivity index (χ4n) is 3.71. The van der Waals surface area contributed by atoms with Gasteiger partial charge < -0.3 is 9.84 Å². The van der Waals surface area contributed by atoms with Crippen LogP contribution in [0.1, 0.15) is 42.6 Å². The first-order valence-electron chi connectivity index (χ1n) is 7.60. The van der Waals surface area contributed by atoms with Gasteiger partial charge in [0.05, 0.1) is 6.04 Å². The predicted octanol–water partition coefficient (Wildman–Crippen LogP) is 3.48. The summed E-state index contributed by atoms with van der Waals surface area (Å²) in [5.41, 5.74) is 1.20. The maximum absolute atomic E-state index is 5.52. The Bertz CT molecular complexity index is 625. The molecule has 1 saturated carbocycles. The van der Waals surface area contributed by atoms with Gasteiger partial charge in [-0.1, -0.05) is 39.6 Å². The number of nitrogens with one attached hydrogen (secondary N) is 1. The third kappa shape index (κ3) is 2.64. The van der Waals surface area contributed by atoms with Crippen LogP contribution < -0.4 is 5.32 Å². The van der Waals surface area contributed by atoms with E-state index in [1.165, 1.54) is 24.8 Å². The molecule has 1 aromatic carbocycles. The van der Waals surface area contributed by atoms with Gasteiger partial charge in [-0.05, 0) is 48.9 Å². The molecule has 2 heterocycles. The van der Waals surface area contributed by atoms with Gasteiger partial charge in [0.25, 0.3) is 0 Å². The molecule has 0 spiro atoms. The van der Waals surface area contributed by atoms with Gasteiger partial charge in [0.1, 0.15) is 0 Å². The van der Waals surface area contributed by atoms with Crippen LogP contribution in [0.2, 0.25) is 0 Å². The molecule has 0 bridgehead atoms. The van der Waals surface area contributed by atoms with Crippen molar-refractivity contribution in [1.82, 2.24) is 15.5 Å². The number of rotatable bonds is 3. The van der Waals surface area contributed by atoms with Gasteiger partial charge in [-0.3, -0.25) is 0 Å². The molecule has 2 aromatic rings. The highest BCUT2D eigenvalue weighted by molar-refractivity contribution is 9.10. The minimum absolute atomic E-state index is 0.267. The molecular weight excluding hydrogens is 330 g/mol. The first kappa shape index (κ1) is 13.5. The maximum Gasteiger partial charge on any atom is 0.244 e. The van der Waals surface area contributed by atoms with Crippen LogP contribution in [0, 0.1) is 11.8 Å². The SMILES string of the molecule is Brc1ccc(Cc2noc(C3NCC4CCCC43)n2)cc1. The van der Waals surface area contributed by atoms with E-state index in [0.29, 0.717) is 5.92 Å². The first-order valence-corrected chi connectivity index (χ1v) is 8.39. The van der Waals surface area contributed by atoms with E-state index in [9.17, 15) is 0 Å². The van der Waals surface area contributed by atoms with Crippen molar-refractivity contribution in [2.45, 2.75) is 31.7 Å². The Kier molecular flexibility index (Phi) is 3.55. The van der Waals surface area contributed by atoms with Crippen LogP contribution in [0.3, 0.4) is 0 Å². The van der Waals surface area contributed by atoms with Crippen molar-refractivity contribution in [3.05, 3.63) is 46.0 Å². The van der Waals surface area contributed by atoms with Crippen molar-refractivity contribution >= 4 is 15.9 Å². The van der Waals surface area contributed by atoms with E-state index in [1.807, 2.05) is 12.1 Å². The average Bonchev–Trinajstić information content (AvgIpc) is 3.17. The van der Waals surface area contributed by atoms with Crippen LogP contribution in [-0.2, 0) is 6.42 Å². The van der Waals surface area contributed by atoms with Crippen LogP contribution in [-0.4, -0.2) is 16.7 Å². The van der Waals surface area contributed by atoms with Gasteiger partial charge in [-0.25, -0.2) is 0 Å². The molecule has 2 aliphatic rings. The summed E-state index contributed by atoms with van der Waals surface area (Å²) in [6, 6.07) is 8.52. The summed E-state index contributed by atoms with van der Waals surface area (Å²) in [6.07, 6.45) is 4.69. The lowest BCUT2D eigenvalue weighted by atomic mass is 9.94. The van der Waals surface area contributed by atoms with Gasteiger partial charge in [-0.15, -0.1) is 0 Å². The molecule has 2 fully saturated rings. The Morgan fingerprint density at radius 3 is 2.95 bits per heavy atom. The van der Waals surface area contributed by atoms with Crippen LogP contribution in [0.5, 0.6) is 0 Å². The topological polar surface area (TPSA) is 51.0 Å². The minimum Gasteiger partial charge on any atom is -0.338 e. The van der Waals surface area contributed by atoms with Crippen molar-refractivity contribution in [2.75, 3.05) is 6.54 Å². The monoisotopic (exact) mass is 347 g/mol. The summed E-state index contributed by atoms with van der Waals surface area (Å²) >= 11 is 3.45. The maximum atomic E-state index is 5.52. The lowest BCUT2D eigenvalue weighted by Gasteiger charge is -2.13. The number of benzene rings is 1. The summed E-state index contributed by atoms with van der Waals surface area (Å²) in [5.74, 6) is 3.04. The number of hydrogen-bond acceptors (Lipinski definition) is 4. The number of hydrogen-bond donors (Lipinski definition) is 1. The normalized spacial score (nSPS) is 28.0. The minimum atomic E-state index is 0.267. The van der Waals surface area contributed by atoms with E-state index in [-0.39, 0.29) is 6.04 Å². The summed E-state index contributed by atoms with van der Waals surface area (Å²) in [4.78, 5) is 4.62. The Balaban J connectivity index is 1.49. The van der Waals surface area contributed by atoms with Gasteiger partial charge in [0.15, 0.2) is 5.82 Å². The summed E-state index contributed by atoms with van der Waals surface area (Å²) in [7, 11) is 0. The van der Waals surface area contributed by atoms with E-state index in [4.69, 9.17) is 4.52 Å². The van der Waals surface area contributed by atoms with Crippen molar-refractivity contribution in [1.29, 1.82) is 0 Å².